The van der Waals surface area contributed by atoms with Crippen molar-refractivity contribution in [2.45, 2.75) is 20.1 Å². The summed E-state index contributed by atoms with van der Waals surface area (Å²) in [5, 5.41) is 15.9. The van der Waals surface area contributed by atoms with E-state index in [0.29, 0.717) is 51.8 Å². The Hall–Kier alpha value is -4.96. The smallest absolute Gasteiger partial charge is 0.266 e. The Balaban J connectivity index is 1.24. The number of rotatable bonds is 11. The molecule has 8 heteroatoms. The molecule has 0 saturated carbocycles. The van der Waals surface area contributed by atoms with Crippen LogP contribution in [0, 0.1) is 11.3 Å². The minimum Gasteiger partial charge on any atom is -0.490 e. The molecule has 1 amide bonds. The van der Waals surface area contributed by atoms with Gasteiger partial charge in [-0.25, -0.2) is 0 Å². The first-order valence-corrected chi connectivity index (χ1v) is 14.7. The number of halogens is 2. The second-order valence-corrected chi connectivity index (χ2v) is 10.6. The number of benzene rings is 5. The summed E-state index contributed by atoms with van der Waals surface area (Å²) < 4.78 is 17.8. The number of nitriles is 1. The fourth-order valence-corrected chi connectivity index (χ4v) is 4.99. The van der Waals surface area contributed by atoms with Gasteiger partial charge >= 0.3 is 0 Å². The van der Waals surface area contributed by atoms with E-state index in [1.165, 1.54) is 6.08 Å². The number of ether oxygens (including phenoxy) is 3. The van der Waals surface area contributed by atoms with Crippen molar-refractivity contribution in [3.05, 3.63) is 135 Å². The molecule has 5 aromatic carbocycles. The molecule has 0 bridgehead atoms. The van der Waals surface area contributed by atoms with E-state index in [-0.39, 0.29) is 12.2 Å². The third-order valence-corrected chi connectivity index (χ3v) is 7.32. The van der Waals surface area contributed by atoms with Crippen LogP contribution >= 0.6 is 23.2 Å². The van der Waals surface area contributed by atoms with Crippen molar-refractivity contribution < 1.29 is 19.0 Å². The molecule has 220 valence electrons. The zero-order valence-electron chi connectivity index (χ0n) is 23.8. The number of hydrogen-bond acceptors (Lipinski definition) is 5. The van der Waals surface area contributed by atoms with Crippen molar-refractivity contribution in [2.75, 3.05) is 11.9 Å². The van der Waals surface area contributed by atoms with E-state index in [9.17, 15) is 10.1 Å². The Bertz CT molecular complexity index is 1860. The van der Waals surface area contributed by atoms with Crippen LogP contribution < -0.4 is 19.5 Å². The van der Waals surface area contributed by atoms with E-state index >= 15 is 0 Å². The van der Waals surface area contributed by atoms with E-state index in [1.54, 1.807) is 60.7 Å². The summed E-state index contributed by atoms with van der Waals surface area (Å²) in [6.45, 7) is 2.94. The van der Waals surface area contributed by atoms with Crippen LogP contribution in [-0.4, -0.2) is 12.5 Å². The molecule has 0 fully saturated rings. The topological polar surface area (TPSA) is 80.6 Å². The normalized spacial score (nSPS) is 11.1. The second kappa shape index (κ2) is 14.5. The molecule has 0 saturated heterocycles. The molecular weight excluding hydrogens is 595 g/mol. The van der Waals surface area contributed by atoms with Gasteiger partial charge in [0, 0.05) is 21.3 Å². The lowest BCUT2D eigenvalue weighted by Crippen LogP contribution is -2.13. The largest absolute Gasteiger partial charge is 0.490 e. The quantitative estimate of drug-likeness (QED) is 0.117. The number of nitrogens with zero attached hydrogens (tertiary/aromatic N) is 1. The number of nitrogens with one attached hydrogen (secondary N) is 1. The highest BCUT2D eigenvalue weighted by Crippen LogP contribution is 2.31. The Morgan fingerprint density at radius 3 is 2.36 bits per heavy atom. The summed E-state index contributed by atoms with van der Waals surface area (Å²) in [6.07, 6.45) is 1.51. The van der Waals surface area contributed by atoms with Crippen LogP contribution in [0.5, 0.6) is 17.2 Å². The van der Waals surface area contributed by atoms with Gasteiger partial charge in [-0.1, -0.05) is 77.8 Å². The van der Waals surface area contributed by atoms with E-state index in [2.05, 4.69) is 23.5 Å². The van der Waals surface area contributed by atoms with E-state index < -0.39 is 5.91 Å². The number of anilines is 1. The zero-order chi connectivity index (χ0) is 30.9. The van der Waals surface area contributed by atoms with Crippen molar-refractivity contribution in [3.63, 3.8) is 0 Å². The summed E-state index contributed by atoms with van der Waals surface area (Å²) in [7, 11) is 0. The highest BCUT2D eigenvalue weighted by Gasteiger charge is 2.13. The first-order chi connectivity index (χ1) is 21.4. The molecule has 0 aliphatic rings. The molecule has 0 aliphatic carbocycles. The second-order valence-electron chi connectivity index (χ2n) is 9.74. The minimum absolute atomic E-state index is 0.0606. The Morgan fingerprint density at radius 1 is 0.818 bits per heavy atom. The van der Waals surface area contributed by atoms with Crippen LogP contribution in [0.1, 0.15) is 23.6 Å². The molecule has 0 aliphatic heterocycles. The van der Waals surface area contributed by atoms with E-state index in [4.69, 9.17) is 37.4 Å². The van der Waals surface area contributed by atoms with Gasteiger partial charge in [-0.05, 0) is 83.4 Å². The molecule has 0 spiro atoms. The van der Waals surface area contributed by atoms with Crippen molar-refractivity contribution >= 4 is 51.6 Å². The molecule has 0 heterocycles. The van der Waals surface area contributed by atoms with Crippen molar-refractivity contribution in [1.29, 1.82) is 5.26 Å². The highest BCUT2D eigenvalue weighted by atomic mass is 35.5. The third-order valence-electron chi connectivity index (χ3n) is 6.73. The molecule has 0 atom stereocenters. The van der Waals surface area contributed by atoms with Crippen LogP contribution in [-0.2, 0) is 18.0 Å². The lowest BCUT2D eigenvalue weighted by Gasteiger charge is -2.14. The fraction of sp³-hybridized carbons (Fsp3) is 0.111. The molecule has 0 radical (unpaired) electrons. The Labute approximate surface area is 266 Å². The van der Waals surface area contributed by atoms with Gasteiger partial charge in [-0.15, -0.1) is 0 Å². The standard InChI is InChI=1S/C36H28Cl2N2O4/c1-2-42-35-19-24(10-17-34(35)44-22-26-8-5-7-25-6-3-4-9-32(25)26)18-28(21-39)36(41)40-30-13-15-31(16-14-30)43-23-27-11-12-29(37)20-33(27)38/h3-20H,2,22-23H2,1H3,(H,40,41)/b28-18+. The van der Waals surface area contributed by atoms with Gasteiger partial charge in [-0.3, -0.25) is 4.79 Å². The minimum atomic E-state index is -0.539. The molecule has 1 N–H and O–H groups in total. The lowest BCUT2D eigenvalue weighted by atomic mass is 10.1. The average molecular weight is 624 g/mol. The molecule has 5 aromatic rings. The Morgan fingerprint density at radius 2 is 1.59 bits per heavy atom. The molecule has 6 nitrogen and oxygen atoms in total. The van der Waals surface area contributed by atoms with Gasteiger partial charge < -0.3 is 19.5 Å². The van der Waals surface area contributed by atoms with Crippen molar-refractivity contribution in [1.82, 2.24) is 0 Å². The summed E-state index contributed by atoms with van der Waals surface area (Å²) in [6, 6.07) is 33.6. The van der Waals surface area contributed by atoms with Crippen molar-refractivity contribution in [3.8, 4) is 23.3 Å². The number of amides is 1. The predicted molar refractivity (Wildman–Crippen MR) is 175 cm³/mol. The maximum Gasteiger partial charge on any atom is 0.266 e. The van der Waals surface area contributed by atoms with Crippen LogP contribution in [0.2, 0.25) is 10.0 Å². The number of carbonyl (C=O) groups excluding carboxylic acids is 1. The average Bonchev–Trinajstić information content (AvgIpc) is 3.03. The highest BCUT2D eigenvalue weighted by molar-refractivity contribution is 6.35. The SMILES string of the molecule is CCOc1cc(/C=C(\C#N)C(=O)Nc2ccc(OCc3ccc(Cl)cc3Cl)cc2)ccc1OCc1cccc2ccccc12. The molecule has 0 unspecified atom stereocenters. The van der Waals surface area contributed by atoms with Crippen LogP contribution in [0.4, 0.5) is 5.69 Å². The maximum absolute atomic E-state index is 12.9. The van der Waals surface area contributed by atoms with Crippen LogP contribution in [0.15, 0.2) is 109 Å². The van der Waals surface area contributed by atoms with Crippen molar-refractivity contribution in [2.24, 2.45) is 0 Å². The van der Waals surface area contributed by atoms with Gasteiger partial charge in [0.15, 0.2) is 11.5 Å². The summed E-state index contributed by atoms with van der Waals surface area (Å²) in [5.41, 5.74) is 2.94. The van der Waals surface area contributed by atoms with Gasteiger partial charge in [0.1, 0.15) is 30.6 Å². The summed E-state index contributed by atoms with van der Waals surface area (Å²) in [4.78, 5) is 12.9. The van der Waals surface area contributed by atoms with Crippen LogP contribution in [0.25, 0.3) is 16.8 Å². The van der Waals surface area contributed by atoms with E-state index in [1.807, 2.05) is 37.3 Å². The van der Waals surface area contributed by atoms with Gasteiger partial charge in [0.05, 0.1) is 6.61 Å². The van der Waals surface area contributed by atoms with E-state index in [0.717, 1.165) is 21.9 Å². The van der Waals surface area contributed by atoms with Gasteiger partial charge in [0.2, 0.25) is 0 Å². The molecule has 5 rings (SSSR count). The molecular formula is C36H28Cl2N2O4. The number of carbonyl (C=O) groups is 1. The number of fused-ring (bicyclic) bond motifs is 1. The van der Waals surface area contributed by atoms with Gasteiger partial charge in [0.25, 0.3) is 5.91 Å². The molecule has 44 heavy (non-hydrogen) atoms. The monoisotopic (exact) mass is 622 g/mol. The first-order valence-electron chi connectivity index (χ1n) is 13.9. The fourth-order valence-electron chi connectivity index (χ4n) is 4.52. The maximum atomic E-state index is 12.9. The Kier molecular flexibility index (Phi) is 10.0. The predicted octanol–water partition coefficient (Wildman–Crippen LogP) is 9.25. The third kappa shape index (κ3) is 7.70. The lowest BCUT2D eigenvalue weighted by molar-refractivity contribution is -0.112. The first kappa shape index (κ1) is 30.5. The zero-order valence-corrected chi connectivity index (χ0v) is 25.4. The summed E-state index contributed by atoms with van der Waals surface area (Å²) >= 11 is 12.2. The van der Waals surface area contributed by atoms with Gasteiger partial charge in [-0.2, -0.15) is 5.26 Å². The molecule has 0 aromatic heterocycles. The summed E-state index contributed by atoms with van der Waals surface area (Å²) in [5.74, 6) is 1.15. The number of hydrogen-bond donors (Lipinski definition) is 1. The van der Waals surface area contributed by atoms with Crippen LogP contribution in [0.3, 0.4) is 0 Å².